The molecule has 4 nitrogen and oxygen atoms in total. The van der Waals surface area contributed by atoms with Gasteiger partial charge >= 0.3 is 0 Å². The van der Waals surface area contributed by atoms with E-state index in [0.717, 1.165) is 12.0 Å². The van der Waals surface area contributed by atoms with Crippen molar-refractivity contribution in [2.45, 2.75) is 75.9 Å². The predicted molar refractivity (Wildman–Crippen MR) is 102 cm³/mol. The molecule has 5 heteroatoms. The van der Waals surface area contributed by atoms with Gasteiger partial charge in [-0.15, -0.1) is 0 Å². The van der Waals surface area contributed by atoms with Gasteiger partial charge in [0.05, 0.1) is 24.2 Å². The van der Waals surface area contributed by atoms with Crippen molar-refractivity contribution >= 4 is 14.2 Å². The lowest BCUT2D eigenvalue weighted by Crippen LogP contribution is -2.50. The molecule has 0 bridgehead atoms. The Morgan fingerprint density at radius 3 is 2.40 bits per heavy atom. The van der Waals surface area contributed by atoms with Crippen molar-refractivity contribution in [2.24, 2.45) is 0 Å². The average molecular weight is 362 g/mol. The monoisotopic (exact) mass is 361 g/mol. The second-order valence-electron chi connectivity index (χ2n) is 9.06. The molecule has 0 saturated carbocycles. The van der Waals surface area contributed by atoms with Crippen molar-refractivity contribution < 1.29 is 14.3 Å². The van der Waals surface area contributed by atoms with E-state index in [2.05, 4.69) is 33.9 Å². The van der Waals surface area contributed by atoms with E-state index in [4.69, 9.17) is 4.43 Å². The van der Waals surface area contributed by atoms with E-state index in [-0.39, 0.29) is 29.0 Å². The van der Waals surface area contributed by atoms with Gasteiger partial charge in [-0.05, 0) is 36.5 Å². The van der Waals surface area contributed by atoms with Crippen molar-refractivity contribution in [3.63, 3.8) is 0 Å². The molecule has 1 N–H and O–H groups in total. The van der Waals surface area contributed by atoms with Crippen molar-refractivity contribution in [1.82, 2.24) is 4.90 Å². The third kappa shape index (κ3) is 3.55. The van der Waals surface area contributed by atoms with Crippen LogP contribution in [0.2, 0.25) is 18.1 Å². The zero-order valence-corrected chi connectivity index (χ0v) is 17.0. The molecule has 2 fully saturated rings. The topological polar surface area (TPSA) is 49.8 Å². The lowest BCUT2D eigenvalue weighted by Gasteiger charge is -2.38. The quantitative estimate of drug-likeness (QED) is 0.838. The van der Waals surface area contributed by atoms with Crippen LogP contribution in [0.15, 0.2) is 30.3 Å². The smallest absolute Gasteiger partial charge is 0.230 e. The van der Waals surface area contributed by atoms with Gasteiger partial charge in [0.25, 0.3) is 0 Å². The fourth-order valence-electron chi connectivity index (χ4n) is 3.79. The van der Waals surface area contributed by atoms with Gasteiger partial charge in [-0.2, -0.15) is 0 Å². The molecule has 138 valence electrons. The number of piperidine rings is 1. The van der Waals surface area contributed by atoms with Crippen LogP contribution in [-0.4, -0.2) is 49.0 Å². The number of hydrogen-bond acceptors (Lipinski definition) is 3. The lowest BCUT2D eigenvalue weighted by atomic mass is 9.85. The van der Waals surface area contributed by atoms with Crippen LogP contribution in [0.1, 0.15) is 45.1 Å². The zero-order chi connectivity index (χ0) is 18.4. The molecule has 2 aliphatic heterocycles. The number of fused-ring (bicyclic) bond motifs is 1. The number of nitrogens with zero attached hydrogens (tertiary/aromatic N) is 1. The number of aliphatic hydroxyl groups excluding tert-OH is 1. The third-order valence-corrected chi connectivity index (χ3v) is 10.8. The predicted octanol–water partition coefficient (Wildman–Crippen LogP) is 3.53. The molecule has 2 aliphatic rings. The number of aliphatic hydroxyl groups is 1. The Kier molecular flexibility index (Phi) is 4.86. The first-order valence-electron chi connectivity index (χ1n) is 9.31. The Labute approximate surface area is 152 Å². The normalized spacial score (nSPS) is 30.5. The Bertz CT molecular complexity index is 626. The highest BCUT2D eigenvalue weighted by atomic mass is 28.4. The molecule has 4 atom stereocenters. The first-order valence-corrected chi connectivity index (χ1v) is 12.2. The van der Waals surface area contributed by atoms with E-state index < -0.39 is 14.4 Å². The molecule has 1 aromatic rings. The highest BCUT2D eigenvalue weighted by molar-refractivity contribution is 6.74. The molecule has 0 spiro atoms. The largest absolute Gasteiger partial charge is 0.412 e. The van der Waals surface area contributed by atoms with Crippen LogP contribution in [0, 0.1) is 0 Å². The number of carbonyl (C=O) groups is 1. The maximum atomic E-state index is 13.0. The molecule has 25 heavy (non-hydrogen) atoms. The van der Waals surface area contributed by atoms with Gasteiger partial charge in [0.15, 0.2) is 8.32 Å². The van der Waals surface area contributed by atoms with Gasteiger partial charge in [-0.25, -0.2) is 0 Å². The first kappa shape index (κ1) is 18.6. The summed E-state index contributed by atoms with van der Waals surface area (Å²) in [4.78, 5) is 14.9. The minimum atomic E-state index is -1.88. The second-order valence-corrected chi connectivity index (χ2v) is 13.8. The molecule has 1 unspecified atom stereocenters. The van der Waals surface area contributed by atoms with Crippen LogP contribution in [0.5, 0.6) is 0 Å². The summed E-state index contributed by atoms with van der Waals surface area (Å²) in [6.45, 7) is 11.8. The summed E-state index contributed by atoms with van der Waals surface area (Å²) in [5, 5.41) is 10.8. The van der Waals surface area contributed by atoms with E-state index in [9.17, 15) is 9.90 Å². The van der Waals surface area contributed by atoms with E-state index >= 15 is 0 Å². The highest BCUT2D eigenvalue weighted by Gasteiger charge is 2.49. The zero-order valence-electron chi connectivity index (χ0n) is 16.0. The Morgan fingerprint density at radius 1 is 1.16 bits per heavy atom. The molecule has 1 aromatic carbocycles. The highest BCUT2D eigenvalue weighted by Crippen LogP contribution is 2.41. The standard InChI is InChI=1S/C20H31NO3Si/c1-20(2,3)25(4,5)24-15-11-17-18(22)12-16(19(23)21(17)13-15)14-9-7-6-8-10-14/h6-10,15-18,22H,11-13H2,1-5H3/t15-,16+,17?,18+/m1/s1. The van der Waals surface area contributed by atoms with Crippen LogP contribution in [0.25, 0.3) is 0 Å². The summed E-state index contributed by atoms with van der Waals surface area (Å²) < 4.78 is 6.53. The SMILES string of the molecule is CC(C)(C)[Si](C)(C)O[C@@H]1CC2[C@@H](O)C[C@@H](c3ccccc3)C(=O)N2C1. The number of rotatable bonds is 3. The maximum absolute atomic E-state index is 13.0. The summed E-state index contributed by atoms with van der Waals surface area (Å²) in [5.41, 5.74) is 0.999. The van der Waals surface area contributed by atoms with Crippen molar-refractivity contribution in [1.29, 1.82) is 0 Å². The molecular formula is C20H31NO3Si. The van der Waals surface area contributed by atoms with Crippen LogP contribution in [0.3, 0.4) is 0 Å². The van der Waals surface area contributed by atoms with E-state index in [1.54, 1.807) is 0 Å². The van der Waals surface area contributed by atoms with Gasteiger partial charge in [0.2, 0.25) is 5.91 Å². The fourth-order valence-corrected chi connectivity index (χ4v) is 5.14. The molecule has 3 rings (SSSR count). The molecule has 0 aromatic heterocycles. The van der Waals surface area contributed by atoms with Crippen LogP contribution >= 0.6 is 0 Å². The second kappa shape index (κ2) is 6.52. The minimum Gasteiger partial charge on any atom is -0.412 e. The third-order valence-electron chi connectivity index (χ3n) is 6.28. The number of carbonyl (C=O) groups excluding carboxylic acids is 1. The van der Waals surface area contributed by atoms with Crippen LogP contribution in [-0.2, 0) is 9.22 Å². The van der Waals surface area contributed by atoms with Crippen molar-refractivity contribution in [3.8, 4) is 0 Å². The van der Waals surface area contributed by atoms with Gasteiger partial charge in [0, 0.05) is 6.54 Å². The minimum absolute atomic E-state index is 0.0408. The molecule has 0 radical (unpaired) electrons. The Balaban J connectivity index is 1.75. The number of amides is 1. The van der Waals surface area contributed by atoms with E-state index in [1.165, 1.54) is 0 Å². The average Bonchev–Trinajstić information content (AvgIpc) is 2.94. The lowest BCUT2D eigenvalue weighted by molar-refractivity contribution is -0.141. The summed E-state index contributed by atoms with van der Waals surface area (Å²) in [5.74, 6) is -0.0955. The Morgan fingerprint density at radius 2 is 1.80 bits per heavy atom. The molecule has 1 amide bonds. The van der Waals surface area contributed by atoms with Crippen molar-refractivity contribution in [2.75, 3.05) is 6.54 Å². The van der Waals surface area contributed by atoms with Gasteiger partial charge < -0.3 is 14.4 Å². The Hall–Kier alpha value is -1.17. The maximum Gasteiger partial charge on any atom is 0.230 e. The summed E-state index contributed by atoms with van der Waals surface area (Å²) in [6.07, 6.45) is 0.826. The van der Waals surface area contributed by atoms with Gasteiger partial charge in [-0.1, -0.05) is 51.1 Å². The number of hydrogen-bond donors (Lipinski definition) is 1. The van der Waals surface area contributed by atoms with E-state index in [0.29, 0.717) is 13.0 Å². The molecule has 2 heterocycles. The first-order chi connectivity index (χ1) is 11.6. The fraction of sp³-hybridized carbons (Fsp3) is 0.650. The van der Waals surface area contributed by atoms with Crippen LogP contribution in [0.4, 0.5) is 0 Å². The summed E-state index contributed by atoms with van der Waals surface area (Å²) in [7, 11) is -1.88. The molecular weight excluding hydrogens is 330 g/mol. The number of benzene rings is 1. The molecule has 0 aliphatic carbocycles. The molecule has 2 saturated heterocycles. The van der Waals surface area contributed by atoms with Crippen LogP contribution < -0.4 is 0 Å². The van der Waals surface area contributed by atoms with Gasteiger partial charge in [0.1, 0.15) is 0 Å². The van der Waals surface area contributed by atoms with Gasteiger partial charge in [-0.3, -0.25) is 4.79 Å². The summed E-state index contributed by atoms with van der Waals surface area (Å²) >= 11 is 0. The summed E-state index contributed by atoms with van der Waals surface area (Å²) in [6, 6.07) is 9.73. The van der Waals surface area contributed by atoms with Crippen molar-refractivity contribution in [3.05, 3.63) is 35.9 Å². The van der Waals surface area contributed by atoms with E-state index in [1.807, 2.05) is 35.2 Å².